The zero-order valence-corrected chi connectivity index (χ0v) is 15.0. The summed E-state index contributed by atoms with van der Waals surface area (Å²) in [4.78, 5) is 23.8. The van der Waals surface area contributed by atoms with Gasteiger partial charge in [-0.15, -0.1) is 0 Å². The first-order valence-electron chi connectivity index (χ1n) is 7.58. The maximum Gasteiger partial charge on any atom is 0.341 e. The molecule has 6 nitrogen and oxygen atoms in total. The van der Waals surface area contributed by atoms with Crippen LogP contribution in [0.2, 0.25) is 0 Å². The van der Waals surface area contributed by atoms with Gasteiger partial charge in [0.1, 0.15) is 5.75 Å². The number of hydrogen-bond acceptors (Lipinski definition) is 6. The van der Waals surface area contributed by atoms with Crippen molar-refractivity contribution in [2.45, 2.75) is 0 Å². The van der Waals surface area contributed by atoms with Crippen molar-refractivity contribution >= 4 is 51.9 Å². The summed E-state index contributed by atoms with van der Waals surface area (Å²) in [5.41, 5.74) is 4.33. The molecular formula is C18H14N2O4S2. The molecule has 8 heteroatoms. The Morgan fingerprint density at radius 1 is 1.19 bits per heavy atom. The largest absolute Gasteiger partial charge is 0.481 e. The van der Waals surface area contributed by atoms with Gasteiger partial charge in [-0.25, -0.2) is 9.80 Å². The molecule has 26 heavy (non-hydrogen) atoms. The summed E-state index contributed by atoms with van der Waals surface area (Å²) in [6.07, 6.45) is 1.64. The van der Waals surface area contributed by atoms with Crippen LogP contribution in [0.4, 0.5) is 5.69 Å². The highest BCUT2D eigenvalue weighted by Gasteiger charge is 2.32. The SMILES string of the molecule is O=C(O)COc1ccccc1/C=C1/SC(=S)N(Nc2ccccc2)C1=O. The number of rotatable bonds is 6. The number of carbonyl (C=O) groups excluding carboxylic acids is 1. The molecule has 2 aromatic carbocycles. The van der Waals surface area contributed by atoms with Gasteiger partial charge < -0.3 is 9.84 Å². The van der Waals surface area contributed by atoms with Gasteiger partial charge in [-0.3, -0.25) is 10.2 Å². The third-order valence-corrected chi connectivity index (χ3v) is 4.67. The van der Waals surface area contributed by atoms with Crippen LogP contribution < -0.4 is 10.2 Å². The van der Waals surface area contributed by atoms with E-state index in [0.717, 1.165) is 17.4 Å². The molecule has 2 aromatic rings. The van der Waals surface area contributed by atoms with Gasteiger partial charge in [0.05, 0.1) is 10.6 Å². The minimum absolute atomic E-state index is 0.281. The molecule has 2 N–H and O–H groups in total. The molecule has 132 valence electrons. The summed E-state index contributed by atoms with van der Waals surface area (Å²) < 4.78 is 5.65. The van der Waals surface area contributed by atoms with Crippen LogP contribution in [0.1, 0.15) is 5.56 Å². The fraction of sp³-hybridized carbons (Fsp3) is 0.0556. The number of hydrogen-bond donors (Lipinski definition) is 2. The summed E-state index contributed by atoms with van der Waals surface area (Å²) >= 11 is 6.45. The number of thiocarbonyl (C=S) groups is 1. The Balaban J connectivity index is 1.81. The lowest BCUT2D eigenvalue weighted by molar-refractivity contribution is -0.139. The van der Waals surface area contributed by atoms with Crippen molar-refractivity contribution in [3.63, 3.8) is 0 Å². The van der Waals surface area contributed by atoms with Crippen molar-refractivity contribution in [3.05, 3.63) is 65.1 Å². The van der Waals surface area contributed by atoms with Crippen LogP contribution in [-0.4, -0.2) is 32.9 Å². The Kier molecular flexibility index (Phi) is 5.55. The van der Waals surface area contributed by atoms with E-state index in [1.165, 1.54) is 5.01 Å². The summed E-state index contributed by atoms with van der Waals surface area (Å²) in [5.74, 6) is -0.966. The van der Waals surface area contributed by atoms with Crippen LogP contribution in [0.5, 0.6) is 5.75 Å². The second kappa shape index (κ2) is 8.03. The lowest BCUT2D eigenvalue weighted by atomic mass is 10.2. The highest BCUT2D eigenvalue weighted by atomic mass is 32.2. The van der Waals surface area contributed by atoms with Gasteiger partial charge >= 0.3 is 5.97 Å². The summed E-state index contributed by atoms with van der Waals surface area (Å²) in [5, 5.41) is 10.1. The monoisotopic (exact) mass is 386 g/mol. The number of nitrogens with zero attached hydrogens (tertiary/aromatic N) is 1. The van der Waals surface area contributed by atoms with E-state index in [0.29, 0.717) is 20.5 Å². The first-order chi connectivity index (χ1) is 12.5. The van der Waals surface area contributed by atoms with Crippen LogP contribution in [0.3, 0.4) is 0 Å². The van der Waals surface area contributed by atoms with Crippen LogP contribution in [0.25, 0.3) is 6.08 Å². The highest BCUT2D eigenvalue weighted by Crippen LogP contribution is 2.34. The maximum atomic E-state index is 12.7. The first kappa shape index (κ1) is 18.0. The van der Waals surface area contributed by atoms with Gasteiger partial charge in [0.2, 0.25) is 0 Å². The highest BCUT2D eigenvalue weighted by molar-refractivity contribution is 8.26. The Bertz CT molecular complexity index is 884. The molecular weight excluding hydrogens is 372 g/mol. The minimum Gasteiger partial charge on any atom is -0.481 e. The van der Waals surface area contributed by atoms with Crippen LogP contribution >= 0.6 is 24.0 Å². The summed E-state index contributed by atoms with van der Waals surface area (Å²) in [6, 6.07) is 16.2. The normalized spacial score (nSPS) is 15.4. The number of hydrazine groups is 1. The molecule has 0 aromatic heterocycles. The molecule has 1 amide bonds. The quantitative estimate of drug-likeness (QED) is 0.582. The molecule has 0 bridgehead atoms. The molecule has 0 spiro atoms. The maximum absolute atomic E-state index is 12.7. The topological polar surface area (TPSA) is 78.9 Å². The molecule has 0 saturated carbocycles. The Hall–Kier alpha value is -2.84. The standard InChI is InChI=1S/C18H14N2O4S2/c21-16(22)11-24-14-9-5-4-6-12(14)10-15-17(23)20(18(25)26-15)19-13-7-2-1-3-8-13/h1-10,19H,11H2,(H,21,22)/b15-10+. The van der Waals surface area contributed by atoms with E-state index in [-0.39, 0.29) is 5.91 Å². The molecule has 0 atom stereocenters. The molecule has 0 aliphatic carbocycles. The number of carbonyl (C=O) groups is 2. The smallest absolute Gasteiger partial charge is 0.341 e. The number of carboxylic acid groups (broad SMARTS) is 1. The lowest BCUT2D eigenvalue weighted by Crippen LogP contribution is -2.33. The molecule has 1 aliphatic heterocycles. The van der Waals surface area contributed by atoms with Crippen molar-refractivity contribution in [3.8, 4) is 5.75 Å². The zero-order chi connectivity index (χ0) is 18.5. The molecule has 0 radical (unpaired) electrons. The fourth-order valence-electron chi connectivity index (χ4n) is 2.22. The van der Waals surface area contributed by atoms with Crippen molar-refractivity contribution < 1.29 is 19.4 Å². The molecule has 1 saturated heterocycles. The van der Waals surface area contributed by atoms with Gasteiger partial charge in [0, 0.05) is 5.56 Å². The number of carboxylic acids is 1. The number of benzene rings is 2. The van der Waals surface area contributed by atoms with E-state index in [1.807, 2.05) is 30.3 Å². The first-order valence-corrected chi connectivity index (χ1v) is 8.80. The second-order valence-electron chi connectivity index (χ2n) is 5.22. The summed E-state index contributed by atoms with van der Waals surface area (Å²) in [6.45, 7) is -0.457. The van der Waals surface area contributed by atoms with E-state index in [9.17, 15) is 9.59 Å². The van der Waals surface area contributed by atoms with E-state index in [1.54, 1.807) is 30.3 Å². The predicted octanol–water partition coefficient (Wildman–Crippen LogP) is 3.38. The molecule has 1 heterocycles. The molecule has 0 unspecified atom stereocenters. The van der Waals surface area contributed by atoms with Gasteiger partial charge in [-0.1, -0.05) is 48.2 Å². The van der Waals surface area contributed by atoms with E-state index in [2.05, 4.69) is 5.43 Å². The number of thioether (sulfide) groups is 1. The third kappa shape index (κ3) is 4.22. The number of amides is 1. The van der Waals surface area contributed by atoms with Crippen molar-refractivity contribution in [2.75, 3.05) is 12.0 Å². The average Bonchev–Trinajstić information content (AvgIpc) is 2.89. The van der Waals surface area contributed by atoms with Gasteiger partial charge in [-0.2, -0.15) is 0 Å². The lowest BCUT2D eigenvalue weighted by Gasteiger charge is -2.16. The van der Waals surface area contributed by atoms with Crippen molar-refractivity contribution in [1.82, 2.24) is 5.01 Å². The number of nitrogens with one attached hydrogen (secondary N) is 1. The van der Waals surface area contributed by atoms with Gasteiger partial charge in [0.25, 0.3) is 5.91 Å². The van der Waals surface area contributed by atoms with E-state index >= 15 is 0 Å². The Morgan fingerprint density at radius 2 is 1.88 bits per heavy atom. The molecule has 1 aliphatic rings. The Morgan fingerprint density at radius 3 is 2.62 bits per heavy atom. The zero-order valence-electron chi connectivity index (χ0n) is 13.4. The predicted molar refractivity (Wildman–Crippen MR) is 105 cm³/mol. The molecule has 1 fully saturated rings. The Labute approximate surface area is 159 Å². The number of anilines is 1. The van der Waals surface area contributed by atoms with Crippen molar-refractivity contribution in [1.29, 1.82) is 0 Å². The fourth-order valence-corrected chi connectivity index (χ4v) is 3.39. The number of aliphatic carboxylic acids is 1. The molecule has 3 rings (SSSR count). The van der Waals surface area contributed by atoms with Gasteiger partial charge in [0.15, 0.2) is 10.9 Å². The average molecular weight is 386 g/mol. The number of ether oxygens (including phenoxy) is 1. The van der Waals surface area contributed by atoms with E-state index < -0.39 is 12.6 Å². The van der Waals surface area contributed by atoms with Crippen LogP contribution in [0, 0.1) is 0 Å². The third-order valence-electron chi connectivity index (χ3n) is 3.37. The van der Waals surface area contributed by atoms with Crippen molar-refractivity contribution in [2.24, 2.45) is 0 Å². The van der Waals surface area contributed by atoms with Gasteiger partial charge in [-0.05, 0) is 36.5 Å². The summed E-state index contributed by atoms with van der Waals surface area (Å²) in [7, 11) is 0. The second-order valence-corrected chi connectivity index (χ2v) is 6.89. The number of para-hydroxylation sites is 2. The van der Waals surface area contributed by atoms with Crippen LogP contribution in [0.15, 0.2) is 59.5 Å². The minimum atomic E-state index is -1.07. The van der Waals surface area contributed by atoms with E-state index in [4.69, 9.17) is 22.1 Å². The van der Waals surface area contributed by atoms with Crippen LogP contribution in [-0.2, 0) is 9.59 Å².